The molecule has 0 aliphatic carbocycles. The highest BCUT2D eigenvalue weighted by molar-refractivity contribution is 7.92. The molecule has 0 unspecified atom stereocenters. The normalized spacial score (nSPS) is 11.4. The van der Waals surface area contributed by atoms with Crippen LogP contribution in [-0.4, -0.2) is 33.0 Å². The van der Waals surface area contributed by atoms with Gasteiger partial charge in [-0.25, -0.2) is 13.4 Å². The molecule has 4 aromatic carbocycles. The Labute approximate surface area is 235 Å². The van der Waals surface area contributed by atoms with E-state index in [0.717, 1.165) is 25.1 Å². The number of aromatic nitrogens is 1. The van der Waals surface area contributed by atoms with Gasteiger partial charge in [0.05, 0.1) is 32.9 Å². The Morgan fingerprint density at radius 2 is 1.74 bits per heavy atom. The van der Waals surface area contributed by atoms with Gasteiger partial charge < -0.3 is 10.1 Å². The summed E-state index contributed by atoms with van der Waals surface area (Å²) in [7, 11) is -2.60. The number of sulfonamides is 1. The van der Waals surface area contributed by atoms with Crippen molar-refractivity contribution in [2.75, 3.05) is 23.3 Å². The van der Waals surface area contributed by atoms with Crippen molar-refractivity contribution < 1.29 is 17.9 Å². The molecule has 39 heavy (non-hydrogen) atoms. The predicted molar refractivity (Wildman–Crippen MR) is 157 cm³/mol. The van der Waals surface area contributed by atoms with E-state index in [4.69, 9.17) is 21.3 Å². The first kappa shape index (κ1) is 26.7. The van der Waals surface area contributed by atoms with Gasteiger partial charge in [-0.3, -0.25) is 9.10 Å². The van der Waals surface area contributed by atoms with Crippen molar-refractivity contribution in [1.82, 2.24) is 4.98 Å². The first-order valence-electron chi connectivity index (χ1n) is 11.9. The molecule has 1 amide bonds. The molecule has 0 fully saturated rings. The van der Waals surface area contributed by atoms with Gasteiger partial charge >= 0.3 is 0 Å². The molecule has 0 spiro atoms. The lowest BCUT2D eigenvalue weighted by atomic mass is 10.2. The van der Waals surface area contributed by atoms with Gasteiger partial charge in [0.1, 0.15) is 17.3 Å². The molecule has 0 aliphatic heterocycles. The highest BCUT2D eigenvalue weighted by Crippen LogP contribution is 2.33. The summed E-state index contributed by atoms with van der Waals surface area (Å²) in [5, 5.41) is 3.90. The summed E-state index contributed by atoms with van der Waals surface area (Å²) in [5.41, 5.74) is 3.81. The Morgan fingerprint density at radius 3 is 2.44 bits per heavy atom. The first-order valence-corrected chi connectivity index (χ1v) is 14.6. The minimum atomic E-state index is -4.07. The number of benzene rings is 4. The first-order chi connectivity index (χ1) is 18.7. The summed E-state index contributed by atoms with van der Waals surface area (Å²) in [6.07, 6.45) is 0. The van der Waals surface area contributed by atoms with Crippen molar-refractivity contribution >= 4 is 60.5 Å². The van der Waals surface area contributed by atoms with Gasteiger partial charge in [0.15, 0.2) is 0 Å². The van der Waals surface area contributed by atoms with E-state index in [1.807, 2.05) is 31.2 Å². The number of hydrogen-bond donors (Lipinski definition) is 1. The number of aryl methyl sites for hydroxylation is 1. The number of halogens is 1. The molecule has 7 nitrogen and oxygen atoms in total. The minimum absolute atomic E-state index is 0.0557. The maximum atomic E-state index is 13.5. The largest absolute Gasteiger partial charge is 0.495 e. The third kappa shape index (κ3) is 5.75. The van der Waals surface area contributed by atoms with Gasteiger partial charge in [0, 0.05) is 11.3 Å². The van der Waals surface area contributed by atoms with E-state index in [2.05, 4.69) is 11.4 Å². The van der Waals surface area contributed by atoms with Crippen molar-refractivity contribution in [3.05, 3.63) is 102 Å². The number of rotatable bonds is 8. The van der Waals surface area contributed by atoms with Gasteiger partial charge in [-0.05, 0) is 79.2 Å². The number of methoxy groups -OCH3 is 1. The summed E-state index contributed by atoms with van der Waals surface area (Å²) in [6, 6.07) is 25.9. The molecule has 5 rings (SSSR count). The molecule has 0 saturated heterocycles. The number of thiazole rings is 1. The summed E-state index contributed by atoms with van der Waals surface area (Å²) >= 11 is 7.89. The van der Waals surface area contributed by atoms with Crippen LogP contribution in [0.25, 0.3) is 20.8 Å². The molecule has 0 radical (unpaired) electrons. The lowest BCUT2D eigenvalue weighted by molar-refractivity contribution is -0.114. The molecule has 1 aromatic heterocycles. The fraction of sp³-hybridized carbons (Fsp3) is 0.103. The summed E-state index contributed by atoms with van der Waals surface area (Å²) in [6.45, 7) is 1.59. The highest BCUT2D eigenvalue weighted by atomic mass is 35.5. The molecule has 0 saturated carbocycles. The van der Waals surface area contributed by atoms with Crippen LogP contribution in [0.15, 0.2) is 95.9 Å². The molecular formula is C29H24ClN3O4S2. The van der Waals surface area contributed by atoms with Crippen molar-refractivity contribution in [2.45, 2.75) is 11.8 Å². The molecular weight excluding hydrogens is 554 g/mol. The predicted octanol–water partition coefficient (Wildman–Crippen LogP) is 6.77. The van der Waals surface area contributed by atoms with Crippen LogP contribution in [0.1, 0.15) is 5.56 Å². The molecule has 198 valence electrons. The van der Waals surface area contributed by atoms with Crippen LogP contribution in [0.3, 0.4) is 0 Å². The highest BCUT2D eigenvalue weighted by Gasteiger charge is 2.28. The van der Waals surface area contributed by atoms with Gasteiger partial charge in [-0.2, -0.15) is 0 Å². The smallest absolute Gasteiger partial charge is 0.264 e. The number of nitrogens with zero attached hydrogens (tertiary/aromatic N) is 2. The minimum Gasteiger partial charge on any atom is -0.495 e. The number of carbonyl (C=O) groups excluding carboxylic acids is 1. The van der Waals surface area contributed by atoms with Crippen LogP contribution in [0, 0.1) is 6.92 Å². The fourth-order valence-electron chi connectivity index (χ4n) is 4.03. The number of nitrogens with one attached hydrogen (secondary N) is 1. The monoisotopic (exact) mass is 577 g/mol. The number of carbonyl (C=O) groups is 1. The Hall–Kier alpha value is -3.92. The van der Waals surface area contributed by atoms with Crippen LogP contribution in [0.5, 0.6) is 5.75 Å². The van der Waals surface area contributed by atoms with E-state index in [1.54, 1.807) is 53.8 Å². The summed E-state index contributed by atoms with van der Waals surface area (Å²) in [4.78, 5) is 17.9. The molecule has 0 bridgehead atoms. The third-order valence-corrected chi connectivity index (χ3v) is 9.15. The molecule has 1 heterocycles. The zero-order valence-corrected chi connectivity index (χ0v) is 23.5. The standard InChI is InChI=1S/C29H24ClN3O4S2/c1-19-8-14-25-27(16-19)38-29(32-25)20-9-11-21(12-10-20)31-28(34)18-33(22-13-15-26(37-2)24(30)17-22)39(35,36)23-6-4-3-5-7-23/h3-17H,18H2,1-2H3,(H,31,34). The number of fused-ring (bicyclic) bond motifs is 1. The van der Waals surface area contributed by atoms with Gasteiger partial charge in [0.2, 0.25) is 5.91 Å². The van der Waals surface area contributed by atoms with E-state index in [1.165, 1.54) is 30.9 Å². The molecule has 0 atom stereocenters. The van der Waals surface area contributed by atoms with Crippen LogP contribution in [0.2, 0.25) is 5.02 Å². The van der Waals surface area contributed by atoms with Crippen molar-refractivity contribution in [3.8, 4) is 16.3 Å². The Morgan fingerprint density at radius 1 is 1.00 bits per heavy atom. The lowest BCUT2D eigenvalue weighted by Crippen LogP contribution is -2.38. The summed E-state index contributed by atoms with van der Waals surface area (Å²) < 4.78 is 34.4. The number of ether oxygens (including phenoxy) is 1. The third-order valence-electron chi connectivity index (χ3n) is 6.00. The lowest BCUT2D eigenvalue weighted by Gasteiger charge is -2.24. The quantitative estimate of drug-likeness (QED) is 0.220. The van der Waals surface area contributed by atoms with E-state index >= 15 is 0 Å². The zero-order chi connectivity index (χ0) is 27.6. The van der Waals surface area contributed by atoms with E-state index in [-0.39, 0.29) is 15.6 Å². The van der Waals surface area contributed by atoms with Crippen LogP contribution < -0.4 is 14.4 Å². The average molecular weight is 578 g/mol. The Balaban J connectivity index is 1.38. The van der Waals surface area contributed by atoms with E-state index in [0.29, 0.717) is 11.4 Å². The topological polar surface area (TPSA) is 88.6 Å². The van der Waals surface area contributed by atoms with E-state index in [9.17, 15) is 13.2 Å². The van der Waals surface area contributed by atoms with Crippen LogP contribution in [0.4, 0.5) is 11.4 Å². The number of hydrogen-bond acceptors (Lipinski definition) is 6. The van der Waals surface area contributed by atoms with Crippen molar-refractivity contribution in [1.29, 1.82) is 0 Å². The molecule has 1 N–H and O–H groups in total. The second-order valence-electron chi connectivity index (χ2n) is 8.76. The van der Waals surface area contributed by atoms with E-state index < -0.39 is 22.5 Å². The fourth-order valence-corrected chi connectivity index (χ4v) is 6.78. The average Bonchev–Trinajstić information content (AvgIpc) is 3.36. The second-order valence-corrected chi connectivity index (χ2v) is 12.1. The second kappa shape index (κ2) is 11.1. The molecule has 10 heteroatoms. The Bertz CT molecular complexity index is 1760. The maximum Gasteiger partial charge on any atom is 0.264 e. The van der Waals surface area contributed by atoms with Crippen molar-refractivity contribution in [2.24, 2.45) is 0 Å². The summed E-state index contributed by atoms with van der Waals surface area (Å²) in [5.74, 6) is -0.116. The van der Waals surface area contributed by atoms with Gasteiger partial charge in [-0.15, -0.1) is 11.3 Å². The van der Waals surface area contributed by atoms with Crippen LogP contribution >= 0.6 is 22.9 Å². The zero-order valence-electron chi connectivity index (χ0n) is 21.1. The van der Waals surface area contributed by atoms with Crippen molar-refractivity contribution in [3.63, 3.8) is 0 Å². The molecule has 5 aromatic rings. The van der Waals surface area contributed by atoms with Crippen LogP contribution in [-0.2, 0) is 14.8 Å². The SMILES string of the molecule is COc1ccc(N(CC(=O)Nc2ccc(-c3nc4ccc(C)cc4s3)cc2)S(=O)(=O)c2ccccc2)cc1Cl. The Kier molecular flexibility index (Phi) is 7.56. The number of anilines is 2. The molecule has 0 aliphatic rings. The number of amides is 1. The van der Waals surface area contributed by atoms with Gasteiger partial charge in [-0.1, -0.05) is 35.9 Å². The maximum absolute atomic E-state index is 13.5. The van der Waals surface area contributed by atoms with Gasteiger partial charge in [0.25, 0.3) is 10.0 Å².